The van der Waals surface area contributed by atoms with Crippen LogP contribution in [-0.4, -0.2) is 118 Å². The van der Waals surface area contributed by atoms with E-state index in [-0.39, 0.29) is 35.5 Å². The number of hydrogen-bond acceptors (Lipinski definition) is 10. The van der Waals surface area contributed by atoms with Gasteiger partial charge in [0.15, 0.2) is 5.65 Å². The average molecular weight is 873 g/mol. The molecule has 4 aromatic heterocycles. The molecule has 0 spiro atoms. The highest BCUT2D eigenvalue weighted by molar-refractivity contribution is 6.05. The van der Waals surface area contributed by atoms with Crippen LogP contribution in [0.15, 0.2) is 67.1 Å². The van der Waals surface area contributed by atoms with Crippen molar-refractivity contribution in [3.05, 3.63) is 84.2 Å². The van der Waals surface area contributed by atoms with Crippen molar-refractivity contribution in [1.82, 2.24) is 34.4 Å². The molecular formula is C49H61FN10O4. The molecule has 14 nitrogen and oxygen atoms in total. The zero-order chi connectivity index (χ0) is 44.2. The summed E-state index contributed by atoms with van der Waals surface area (Å²) in [5.41, 5.74) is 5.22. The van der Waals surface area contributed by atoms with E-state index in [2.05, 4.69) is 83.2 Å². The second-order valence-corrected chi connectivity index (χ2v) is 19.8. The number of fused-ring (bicyclic) bond motifs is 2. The molecule has 5 saturated heterocycles. The first kappa shape index (κ1) is 42.6. The molecule has 338 valence electrons. The van der Waals surface area contributed by atoms with Gasteiger partial charge in [-0.3, -0.25) is 29.0 Å². The van der Waals surface area contributed by atoms with E-state index in [0.29, 0.717) is 36.9 Å². The number of pyridine rings is 2. The Kier molecular flexibility index (Phi) is 11.4. The minimum Gasteiger partial charge on any atom is -0.381 e. The monoisotopic (exact) mass is 872 g/mol. The van der Waals surface area contributed by atoms with Gasteiger partial charge in [0.05, 0.1) is 40.0 Å². The van der Waals surface area contributed by atoms with Crippen molar-refractivity contribution in [2.45, 2.75) is 89.9 Å². The number of nitrogens with zero attached hydrogens (tertiary/aromatic N) is 9. The lowest BCUT2D eigenvalue weighted by Gasteiger charge is -2.45. The summed E-state index contributed by atoms with van der Waals surface area (Å²) in [5.74, 6) is 1.87. The molecule has 0 unspecified atom stereocenters. The highest BCUT2D eigenvalue weighted by atomic mass is 19.1. The van der Waals surface area contributed by atoms with Crippen LogP contribution in [-0.2, 0) is 14.3 Å². The summed E-state index contributed by atoms with van der Waals surface area (Å²) in [6, 6.07) is 14.3. The van der Waals surface area contributed by atoms with Crippen LogP contribution in [0.3, 0.4) is 0 Å². The van der Waals surface area contributed by atoms with Gasteiger partial charge >= 0.3 is 6.03 Å². The van der Waals surface area contributed by atoms with E-state index in [4.69, 9.17) is 19.4 Å². The number of amides is 3. The minimum absolute atomic E-state index is 0.131. The number of imidazole rings is 1. The van der Waals surface area contributed by atoms with Crippen molar-refractivity contribution < 1.29 is 23.5 Å². The number of benzene rings is 1. The Morgan fingerprint density at radius 2 is 1.61 bits per heavy atom. The molecule has 3 amide bonds. The molecule has 15 heteroatoms. The molecule has 0 radical (unpaired) electrons. The van der Waals surface area contributed by atoms with Gasteiger partial charge in [-0.05, 0) is 126 Å². The summed E-state index contributed by atoms with van der Waals surface area (Å²) in [6.07, 6.45) is 14.0. The molecule has 10 rings (SSSR count). The number of nitrogens with one attached hydrogen (secondary N) is 1. The third kappa shape index (κ3) is 8.73. The number of urea groups is 1. The maximum atomic E-state index is 15.6. The third-order valence-electron chi connectivity index (χ3n) is 14.0. The van der Waals surface area contributed by atoms with Gasteiger partial charge in [0.2, 0.25) is 11.9 Å². The van der Waals surface area contributed by atoms with Crippen LogP contribution < -0.4 is 20.0 Å². The Balaban J connectivity index is 0.792. The van der Waals surface area contributed by atoms with Crippen molar-refractivity contribution in [2.75, 3.05) is 80.3 Å². The summed E-state index contributed by atoms with van der Waals surface area (Å²) in [6.45, 7) is 17.1. The number of ether oxygens (including phenoxy) is 2. The van der Waals surface area contributed by atoms with Crippen LogP contribution in [0.1, 0.15) is 89.8 Å². The Hall–Kier alpha value is -5.38. The fourth-order valence-corrected chi connectivity index (χ4v) is 11.2. The average Bonchev–Trinajstić information content (AvgIpc) is 3.86. The topological polar surface area (TPSA) is 126 Å². The Bertz CT molecular complexity index is 2530. The van der Waals surface area contributed by atoms with Gasteiger partial charge in [-0.15, -0.1) is 5.10 Å². The predicted molar refractivity (Wildman–Crippen MR) is 246 cm³/mol. The van der Waals surface area contributed by atoms with Crippen molar-refractivity contribution in [3.8, 4) is 0 Å². The molecule has 0 aliphatic carbocycles. The van der Waals surface area contributed by atoms with Crippen LogP contribution in [0, 0.1) is 17.8 Å². The van der Waals surface area contributed by atoms with Crippen LogP contribution in [0.5, 0.6) is 0 Å². The molecule has 5 aliphatic rings. The molecule has 1 aromatic carbocycles. The van der Waals surface area contributed by atoms with Gasteiger partial charge in [0.25, 0.3) is 0 Å². The van der Waals surface area contributed by atoms with Gasteiger partial charge in [-0.1, -0.05) is 12.1 Å². The van der Waals surface area contributed by atoms with Gasteiger partial charge in [-0.2, -0.15) is 4.39 Å². The molecule has 0 bridgehead atoms. The number of carbonyl (C=O) groups is 2. The summed E-state index contributed by atoms with van der Waals surface area (Å²) in [5, 5.41) is 7.36. The summed E-state index contributed by atoms with van der Waals surface area (Å²) in [7, 11) is 0. The number of aromatic nitrogens is 5. The summed E-state index contributed by atoms with van der Waals surface area (Å²) < 4.78 is 31.5. The molecule has 5 aromatic rings. The zero-order valence-corrected chi connectivity index (χ0v) is 37.6. The van der Waals surface area contributed by atoms with Gasteiger partial charge in [0, 0.05) is 89.9 Å². The molecule has 1 N–H and O–H groups in total. The number of anilines is 3. The number of piperidine rings is 1. The van der Waals surface area contributed by atoms with Crippen molar-refractivity contribution in [2.24, 2.45) is 11.8 Å². The van der Waals surface area contributed by atoms with Crippen LogP contribution in [0.2, 0.25) is 0 Å². The number of halogens is 1. The number of carbonyl (C=O) groups excluding carboxylic acids is 2. The summed E-state index contributed by atoms with van der Waals surface area (Å²) >= 11 is 0. The van der Waals surface area contributed by atoms with E-state index in [1.807, 2.05) is 39.7 Å². The molecule has 64 heavy (non-hydrogen) atoms. The first-order chi connectivity index (χ1) is 30.9. The molecule has 0 saturated carbocycles. The lowest BCUT2D eigenvalue weighted by atomic mass is 9.79. The number of hydrogen-bond donors (Lipinski definition) is 1. The quantitative estimate of drug-likeness (QED) is 0.160. The molecule has 5 fully saturated rings. The maximum Gasteiger partial charge on any atom is 0.329 e. The Morgan fingerprint density at radius 3 is 2.33 bits per heavy atom. The van der Waals surface area contributed by atoms with Gasteiger partial charge in [-0.25, -0.2) is 14.8 Å². The minimum atomic E-state index is -0.430. The van der Waals surface area contributed by atoms with Gasteiger partial charge in [0.1, 0.15) is 11.6 Å². The van der Waals surface area contributed by atoms with Crippen LogP contribution in [0.25, 0.3) is 22.1 Å². The van der Waals surface area contributed by atoms with E-state index in [0.717, 1.165) is 124 Å². The second kappa shape index (κ2) is 17.2. The molecular weight excluding hydrogens is 812 g/mol. The van der Waals surface area contributed by atoms with E-state index in [9.17, 15) is 9.59 Å². The highest BCUT2D eigenvalue weighted by Gasteiger charge is 2.39. The Morgan fingerprint density at radius 1 is 0.859 bits per heavy atom. The van der Waals surface area contributed by atoms with Gasteiger partial charge < -0.3 is 19.3 Å². The van der Waals surface area contributed by atoms with E-state index >= 15 is 4.39 Å². The molecule has 5 aliphatic heterocycles. The first-order valence-corrected chi connectivity index (χ1v) is 23.3. The maximum absolute atomic E-state index is 15.6. The SMILES string of the molecule is CC1(C)CC(C=C(c2ccc(N3CCC(CN4CCN(c5cccn6c(N7CCC(=O)NC7=O)cnc56)CC4)CC3)nc2)c2ccc3c(c2)c(F)nn3C2CCOCC2)CC(C)(C)O1. The smallest absolute Gasteiger partial charge is 0.329 e. The standard InChI is InChI=1S/C49H61FN10O4/c1-48(2)28-34(29-49(3,4)64-48)26-38(35-7-9-40-39(27-35)45(50)54-60(40)37-14-24-63-25-15-37)36-8-10-42(51-30-36)57-17-11-33(12-18-57)32-55-20-22-56(23-21-55)41-6-5-16-58-44(31-52-46(41)58)59-19-13-43(61)53-47(59)62/h5-10,16,26-27,30-31,33-34,37H,11-15,17-25,28-29,32H2,1-4H3,(H,53,61,62). The number of rotatable bonds is 9. The number of allylic oxidation sites excluding steroid dienone is 1. The normalized spacial score (nSPS) is 22.2. The van der Waals surface area contributed by atoms with E-state index < -0.39 is 12.0 Å². The second-order valence-electron chi connectivity index (χ2n) is 19.8. The van der Waals surface area contributed by atoms with E-state index in [1.165, 1.54) is 0 Å². The fourth-order valence-electron chi connectivity index (χ4n) is 11.2. The highest BCUT2D eigenvalue weighted by Crippen LogP contribution is 2.42. The first-order valence-electron chi connectivity index (χ1n) is 23.3. The van der Waals surface area contributed by atoms with Crippen LogP contribution >= 0.6 is 0 Å². The lowest BCUT2D eigenvalue weighted by Crippen LogP contribution is -2.50. The largest absolute Gasteiger partial charge is 0.381 e. The van der Waals surface area contributed by atoms with Crippen molar-refractivity contribution in [3.63, 3.8) is 0 Å². The molecule has 9 heterocycles. The number of piperazine rings is 1. The lowest BCUT2D eigenvalue weighted by molar-refractivity contribution is -0.166. The number of imide groups is 1. The van der Waals surface area contributed by atoms with Crippen LogP contribution in [0.4, 0.5) is 26.5 Å². The summed E-state index contributed by atoms with van der Waals surface area (Å²) in [4.78, 5) is 43.1. The molecule has 0 atom stereocenters. The predicted octanol–water partition coefficient (Wildman–Crippen LogP) is 7.47. The van der Waals surface area contributed by atoms with Crippen molar-refractivity contribution >= 4 is 51.4 Å². The van der Waals surface area contributed by atoms with Crippen molar-refractivity contribution in [1.29, 1.82) is 0 Å². The fraction of sp³-hybridized carbons (Fsp3) is 0.531. The Labute approximate surface area is 374 Å². The zero-order valence-electron chi connectivity index (χ0n) is 37.6. The third-order valence-corrected chi connectivity index (χ3v) is 14.0. The van der Waals surface area contributed by atoms with E-state index in [1.54, 1.807) is 11.1 Å².